The van der Waals surface area contributed by atoms with E-state index in [9.17, 15) is 9.18 Å². The lowest BCUT2D eigenvalue weighted by Crippen LogP contribution is -2.29. The first-order valence-electron chi connectivity index (χ1n) is 9.63. The van der Waals surface area contributed by atoms with Crippen LogP contribution in [0.15, 0.2) is 54.4 Å². The number of hydrogen-bond acceptors (Lipinski definition) is 6. The molecule has 3 rings (SSSR count). The molecular formula is C21H24FN7O. The summed E-state index contributed by atoms with van der Waals surface area (Å²) >= 11 is 0. The molecule has 1 amide bonds. The van der Waals surface area contributed by atoms with Crippen LogP contribution in [0.5, 0.6) is 0 Å². The van der Waals surface area contributed by atoms with Gasteiger partial charge in [-0.2, -0.15) is 0 Å². The van der Waals surface area contributed by atoms with E-state index in [1.165, 1.54) is 24.5 Å². The molecule has 0 radical (unpaired) electrons. The molecule has 0 bridgehead atoms. The van der Waals surface area contributed by atoms with Crippen LogP contribution in [0.4, 0.5) is 4.39 Å². The van der Waals surface area contributed by atoms with E-state index in [1.807, 2.05) is 24.3 Å². The number of para-hydroxylation sites is 2. The summed E-state index contributed by atoms with van der Waals surface area (Å²) in [5, 5.41) is 16.2. The highest BCUT2D eigenvalue weighted by Gasteiger charge is 2.09. The van der Waals surface area contributed by atoms with Gasteiger partial charge in [-0.1, -0.05) is 12.1 Å². The first-order valence-corrected chi connectivity index (χ1v) is 9.63. The minimum atomic E-state index is -0.481. The number of amides is 1. The topological polar surface area (TPSA) is 119 Å². The maximum absolute atomic E-state index is 13.5. The fraction of sp³-hybridized carbons (Fsp3) is 0.238. The second-order valence-corrected chi connectivity index (χ2v) is 6.51. The number of halogens is 1. The lowest BCUT2D eigenvalue weighted by molar-refractivity contribution is -0.117. The normalized spacial score (nSPS) is 11.4. The van der Waals surface area contributed by atoms with Crippen molar-refractivity contribution in [2.24, 2.45) is 0 Å². The van der Waals surface area contributed by atoms with E-state index in [1.54, 1.807) is 0 Å². The van der Waals surface area contributed by atoms with Gasteiger partial charge in [0.05, 0.1) is 28.8 Å². The molecule has 30 heavy (non-hydrogen) atoms. The number of nitrogens with one attached hydrogen (secondary N) is 5. The largest absolute Gasteiger partial charge is 0.389 e. The number of imidazole rings is 1. The number of rotatable bonds is 11. The number of carbonyl (C=O) groups is 1. The highest BCUT2D eigenvalue weighted by atomic mass is 19.1. The molecule has 1 aromatic carbocycles. The van der Waals surface area contributed by atoms with Gasteiger partial charge in [0.1, 0.15) is 11.6 Å². The Kier molecular flexibility index (Phi) is 7.62. The van der Waals surface area contributed by atoms with Crippen LogP contribution in [0, 0.1) is 11.2 Å². The zero-order valence-corrected chi connectivity index (χ0v) is 16.4. The number of aromatic nitrogens is 3. The summed E-state index contributed by atoms with van der Waals surface area (Å²) in [7, 11) is 0. The first-order chi connectivity index (χ1) is 14.7. The van der Waals surface area contributed by atoms with Crippen LogP contribution in [0.3, 0.4) is 0 Å². The molecule has 5 N–H and O–H groups in total. The number of aromatic amines is 1. The van der Waals surface area contributed by atoms with Crippen molar-refractivity contribution >= 4 is 23.2 Å². The summed E-state index contributed by atoms with van der Waals surface area (Å²) in [6, 6.07) is 10.7. The highest BCUT2D eigenvalue weighted by molar-refractivity contribution is 6.11. The van der Waals surface area contributed by atoms with Crippen LogP contribution in [0.25, 0.3) is 11.0 Å². The zero-order valence-electron chi connectivity index (χ0n) is 16.4. The summed E-state index contributed by atoms with van der Waals surface area (Å²) in [4.78, 5) is 23.8. The van der Waals surface area contributed by atoms with Crippen molar-refractivity contribution in [1.82, 2.24) is 30.9 Å². The van der Waals surface area contributed by atoms with Crippen LogP contribution in [0.1, 0.15) is 11.5 Å². The van der Waals surface area contributed by atoms with E-state index >= 15 is 0 Å². The third-order valence-electron chi connectivity index (χ3n) is 4.35. The first kappa shape index (κ1) is 21.1. The Hall–Kier alpha value is -3.59. The Balaban J connectivity index is 1.34. The zero-order chi connectivity index (χ0) is 21.2. The molecule has 9 heteroatoms. The molecule has 0 saturated carbocycles. The van der Waals surface area contributed by atoms with E-state index in [-0.39, 0.29) is 17.8 Å². The van der Waals surface area contributed by atoms with Crippen LogP contribution >= 0.6 is 0 Å². The Morgan fingerprint density at radius 2 is 2.03 bits per heavy atom. The van der Waals surface area contributed by atoms with Gasteiger partial charge >= 0.3 is 0 Å². The average Bonchev–Trinajstić information content (AvgIpc) is 3.18. The second kappa shape index (κ2) is 10.8. The van der Waals surface area contributed by atoms with E-state index < -0.39 is 11.7 Å². The average molecular weight is 409 g/mol. The lowest BCUT2D eigenvalue weighted by atomic mass is 10.2. The highest BCUT2D eigenvalue weighted by Crippen LogP contribution is 2.10. The van der Waals surface area contributed by atoms with Gasteiger partial charge in [-0.15, -0.1) is 0 Å². The molecule has 0 aliphatic rings. The Morgan fingerprint density at radius 3 is 2.83 bits per heavy atom. The van der Waals surface area contributed by atoms with Crippen LogP contribution < -0.4 is 16.0 Å². The SMILES string of the molecule is N=C/C(=C\NCCNCCc1nc2ccccc2[nH]1)C(=O)NCc1ncccc1F. The summed E-state index contributed by atoms with van der Waals surface area (Å²) in [5.74, 6) is -0.0194. The van der Waals surface area contributed by atoms with Crippen LogP contribution in [0.2, 0.25) is 0 Å². The molecule has 0 aliphatic heterocycles. The van der Waals surface area contributed by atoms with Gasteiger partial charge in [0, 0.05) is 44.7 Å². The van der Waals surface area contributed by atoms with Crippen molar-refractivity contribution in [1.29, 1.82) is 5.41 Å². The molecule has 0 saturated heterocycles. The van der Waals surface area contributed by atoms with Gasteiger partial charge in [0.2, 0.25) is 0 Å². The van der Waals surface area contributed by atoms with E-state index in [0.717, 1.165) is 36.0 Å². The maximum atomic E-state index is 13.5. The fourth-order valence-electron chi connectivity index (χ4n) is 2.79. The predicted octanol–water partition coefficient (Wildman–Crippen LogP) is 1.67. The maximum Gasteiger partial charge on any atom is 0.254 e. The van der Waals surface area contributed by atoms with Gasteiger partial charge in [-0.05, 0) is 24.3 Å². The molecule has 3 aromatic rings. The molecule has 0 spiro atoms. The minimum Gasteiger partial charge on any atom is -0.389 e. The van der Waals surface area contributed by atoms with Crippen molar-refractivity contribution in [3.8, 4) is 0 Å². The number of nitrogens with zero attached hydrogens (tertiary/aromatic N) is 2. The molecule has 2 aromatic heterocycles. The van der Waals surface area contributed by atoms with Gasteiger partial charge in [0.15, 0.2) is 0 Å². The van der Waals surface area contributed by atoms with E-state index in [0.29, 0.717) is 13.1 Å². The van der Waals surface area contributed by atoms with Crippen molar-refractivity contribution < 1.29 is 9.18 Å². The van der Waals surface area contributed by atoms with Crippen molar-refractivity contribution in [2.75, 3.05) is 19.6 Å². The Labute approximate surface area is 173 Å². The summed E-state index contributed by atoms with van der Waals surface area (Å²) in [5.41, 5.74) is 2.29. The monoisotopic (exact) mass is 409 g/mol. The third kappa shape index (κ3) is 5.95. The van der Waals surface area contributed by atoms with E-state index in [4.69, 9.17) is 5.41 Å². The molecule has 0 fully saturated rings. The number of fused-ring (bicyclic) bond motifs is 1. The standard InChI is InChI=1S/C21H24FN7O/c22-16-4-3-8-26-19(16)14-27-21(30)15(12-23)13-25-11-10-24-9-7-20-28-17-5-1-2-6-18(17)29-20/h1-6,8,12-13,23-25H,7,9-11,14H2,(H,27,30)(H,28,29)/b15-13+,23-12?. The number of benzene rings is 1. The van der Waals surface area contributed by atoms with E-state index in [2.05, 4.69) is 30.9 Å². The fourth-order valence-corrected chi connectivity index (χ4v) is 2.79. The van der Waals surface area contributed by atoms with Crippen LogP contribution in [-0.2, 0) is 17.8 Å². The number of carbonyl (C=O) groups excluding carboxylic acids is 1. The van der Waals surface area contributed by atoms with Gasteiger partial charge in [0.25, 0.3) is 5.91 Å². The molecular weight excluding hydrogens is 385 g/mol. The Bertz CT molecular complexity index is 998. The molecule has 0 atom stereocenters. The van der Waals surface area contributed by atoms with Gasteiger partial charge < -0.3 is 26.3 Å². The van der Waals surface area contributed by atoms with Crippen LogP contribution in [-0.4, -0.2) is 46.7 Å². The quantitative estimate of drug-likeness (QED) is 0.188. The van der Waals surface area contributed by atoms with Gasteiger partial charge in [-0.25, -0.2) is 9.37 Å². The Morgan fingerprint density at radius 1 is 1.17 bits per heavy atom. The number of hydrogen-bond donors (Lipinski definition) is 5. The molecule has 2 heterocycles. The summed E-state index contributed by atoms with van der Waals surface area (Å²) < 4.78 is 13.5. The summed E-state index contributed by atoms with van der Waals surface area (Å²) in [6.07, 6.45) is 4.66. The molecule has 156 valence electrons. The number of pyridine rings is 1. The van der Waals surface area contributed by atoms with Crippen molar-refractivity contribution in [3.05, 3.63) is 71.7 Å². The third-order valence-corrected chi connectivity index (χ3v) is 4.35. The van der Waals surface area contributed by atoms with Crippen molar-refractivity contribution in [3.63, 3.8) is 0 Å². The molecule has 8 nitrogen and oxygen atoms in total. The number of H-pyrrole nitrogens is 1. The van der Waals surface area contributed by atoms with Gasteiger partial charge in [-0.3, -0.25) is 9.78 Å². The smallest absolute Gasteiger partial charge is 0.254 e. The molecule has 0 unspecified atom stereocenters. The minimum absolute atomic E-state index is 0.0416. The molecule has 0 aliphatic carbocycles. The lowest BCUT2D eigenvalue weighted by Gasteiger charge is -2.07. The summed E-state index contributed by atoms with van der Waals surface area (Å²) in [6.45, 7) is 1.99. The second-order valence-electron chi connectivity index (χ2n) is 6.51. The predicted molar refractivity (Wildman–Crippen MR) is 114 cm³/mol. The van der Waals surface area contributed by atoms with Crippen molar-refractivity contribution in [2.45, 2.75) is 13.0 Å².